The zero-order chi connectivity index (χ0) is 6.48. The second-order valence-corrected chi connectivity index (χ2v) is 5.97. The summed E-state index contributed by atoms with van der Waals surface area (Å²) in [7, 11) is 0.282. The van der Waals surface area contributed by atoms with Gasteiger partial charge in [-0.15, -0.1) is 0 Å². The van der Waals surface area contributed by atoms with Crippen LogP contribution in [0.4, 0.5) is 0 Å². The van der Waals surface area contributed by atoms with Crippen molar-refractivity contribution in [2.75, 3.05) is 6.54 Å². The maximum Gasteiger partial charge on any atom is 0.0815 e. The van der Waals surface area contributed by atoms with E-state index in [1.807, 2.05) is 0 Å². The SMILES string of the molecule is CC1S(=S)C12CCCN2. The lowest BCUT2D eigenvalue weighted by atomic mass is 10.2. The highest BCUT2D eigenvalue weighted by Crippen LogP contribution is 2.45. The van der Waals surface area contributed by atoms with Crippen LogP contribution in [0.3, 0.4) is 0 Å². The van der Waals surface area contributed by atoms with Crippen LogP contribution in [0.15, 0.2) is 0 Å². The number of hydrogen-bond acceptors (Lipinski definition) is 2. The van der Waals surface area contributed by atoms with Crippen LogP contribution >= 0.6 is 0 Å². The largest absolute Gasteiger partial charge is 0.302 e. The first-order valence-electron chi connectivity index (χ1n) is 3.43. The number of hydrogen-bond donors (Lipinski definition) is 1. The fourth-order valence-electron chi connectivity index (χ4n) is 1.67. The molecule has 2 fully saturated rings. The van der Waals surface area contributed by atoms with Crippen molar-refractivity contribution < 1.29 is 0 Å². The minimum absolute atomic E-state index is 0.282. The molecular formula is C6H11NS2. The Balaban J connectivity index is 2.20. The Morgan fingerprint density at radius 2 is 2.44 bits per heavy atom. The molecule has 3 heteroatoms. The Morgan fingerprint density at radius 1 is 1.78 bits per heavy atom. The summed E-state index contributed by atoms with van der Waals surface area (Å²) in [5.41, 5.74) is 0. The summed E-state index contributed by atoms with van der Waals surface area (Å²) in [4.78, 5) is 0.454. The molecule has 0 aromatic carbocycles. The average molecular weight is 161 g/mol. The highest BCUT2D eigenvalue weighted by Gasteiger charge is 2.57. The van der Waals surface area contributed by atoms with Crippen molar-refractivity contribution in [1.82, 2.24) is 5.32 Å². The number of rotatable bonds is 0. The van der Waals surface area contributed by atoms with Gasteiger partial charge in [0.1, 0.15) is 0 Å². The summed E-state index contributed by atoms with van der Waals surface area (Å²) in [6.45, 7) is 3.47. The molecule has 9 heavy (non-hydrogen) atoms. The lowest BCUT2D eigenvalue weighted by molar-refractivity contribution is 0.617. The van der Waals surface area contributed by atoms with Crippen LogP contribution in [-0.2, 0) is 20.6 Å². The third-order valence-corrected chi connectivity index (χ3v) is 6.40. The smallest absolute Gasteiger partial charge is 0.0815 e. The van der Waals surface area contributed by atoms with Crippen molar-refractivity contribution >= 4 is 20.6 Å². The van der Waals surface area contributed by atoms with Crippen LogP contribution in [0.1, 0.15) is 19.8 Å². The van der Waals surface area contributed by atoms with E-state index in [2.05, 4.69) is 12.2 Å². The van der Waals surface area contributed by atoms with E-state index in [9.17, 15) is 0 Å². The van der Waals surface area contributed by atoms with Crippen LogP contribution in [0, 0.1) is 0 Å². The Kier molecular flexibility index (Phi) is 1.23. The van der Waals surface area contributed by atoms with Crippen molar-refractivity contribution in [3.63, 3.8) is 0 Å². The van der Waals surface area contributed by atoms with Crippen molar-refractivity contribution in [3.8, 4) is 0 Å². The van der Waals surface area contributed by atoms with Crippen LogP contribution in [0.25, 0.3) is 0 Å². The Bertz CT molecular complexity index is 160. The molecule has 3 atom stereocenters. The van der Waals surface area contributed by atoms with Crippen molar-refractivity contribution in [3.05, 3.63) is 0 Å². The molecule has 2 saturated heterocycles. The lowest BCUT2D eigenvalue weighted by Crippen LogP contribution is -2.27. The highest BCUT2D eigenvalue weighted by atomic mass is 32.8. The third kappa shape index (κ3) is 0.657. The molecule has 52 valence electrons. The summed E-state index contributed by atoms with van der Waals surface area (Å²) in [5.74, 6) is 0. The van der Waals surface area contributed by atoms with Crippen LogP contribution in [-0.4, -0.2) is 16.7 Å². The minimum atomic E-state index is 0.282. The molecule has 0 amide bonds. The van der Waals surface area contributed by atoms with Crippen LogP contribution < -0.4 is 5.32 Å². The summed E-state index contributed by atoms with van der Waals surface area (Å²) in [5, 5.41) is 4.30. The fraction of sp³-hybridized carbons (Fsp3) is 1.00. The van der Waals surface area contributed by atoms with Gasteiger partial charge >= 0.3 is 0 Å². The van der Waals surface area contributed by atoms with Crippen molar-refractivity contribution in [2.24, 2.45) is 0 Å². The first-order valence-corrected chi connectivity index (χ1v) is 5.64. The van der Waals surface area contributed by atoms with Crippen molar-refractivity contribution in [1.29, 1.82) is 0 Å². The second kappa shape index (κ2) is 1.77. The van der Waals surface area contributed by atoms with Gasteiger partial charge in [0.2, 0.25) is 0 Å². The lowest BCUT2D eigenvalue weighted by Gasteiger charge is -2.02. The minimum Gasteiger partial charge on any atom is -0.302 e. The van der Waals surface area contributed by atoms with Gasteiger partial charge in [-0.2, -0.15) is 0 Å². The molecule has 2 aliphatic heterocycles. The Morgan fingerprint density at radius 3 is 2.67 bits per heavy atom. The van der Waals surface area contributed by atoms with Crippen LogP contribution in [0.5, 0.6) is 0 Å². The van der Waals surface area contributed by atoms with Crippen LogP contribution in [0.2, 0.25) is 0 Å². The van der Waals surface area contributed by atoms with E-state index in [1.54, 1.807) is 0 Å². The van der Waals surface area contributed by atoms with Gasteiger partial charge < -0.3 is 5.32 Å². The molecule has 0 aliphatic carbocycles. The van der Waals surface area contributed by atoms with E-state index in [-0.39, 0.29) is 9.45 Å². The molecule has 0 bridgehead atoms. The Labute approximate surface area is 62.8 Å². The summed E-state index contributed by atoms with van der Waals surface area (Å²) >= 11 is 5.29. The van der Waals surface area contributed by atoms with Gasteiger partial charge in [0.15, 0.2) is 0 Å². The fourth-order valence-corrected chi connectivity index (χ4v) is 4.81. The van der Waals surface area contributed by atoms with E-state index >= 15 is 0 Å². The average Bonchev–Trinajstić information content (AvgIpc) is 2.44. The van der Waals surface area contributed by atoms with Gasteiger partial charge in [-0.3, -0.25) is 0 Å². The first-order chi connectivity index (χ1) is 4.27. The van der Waals surface area contributed by atoms with Gasteiger partial charge in [-0.05, 0) is 30.6 Å². The monoisotopic (exact) mass is 161 g/mol. The zero-order valence-electron chi connectivity index (χ0n) is 5.52. The molecule has 0 radical (unpaired) electrons. The molecule has 2 rings (SSSR count). The maximum atomic E-state index is 5.29. The van der Waals surface area contributed by atoms with Gasteiger partial charge in [-0.1, -0.05) is 16.4 Å². The molecule has 2 heterocycles. The molecule has 2 aliphatic rings. The molecule has 1 N–H and O–H groups in total. The molecule has 0 saturated carbocycles. The quantitative estimate of drug-likeness (QED) is 0.521. The predicted octanol–water partition coefficient (Wildman–Crippen LogP) is 0.548. The van der Waals surface area contributed by atoms with E-state index in [4.69, 9.17) is 11.2 Å². The van der Waals surface area contributed by atoms with E-state index in [0.29, 0.717) is 4.87 Å². The highest BCUT2D eigenvalue weighted by molar-refractivity contribution is 8.34. The standard InChI is InChI=1S/C6H11NS2/c1-5-6(9(5)8)3-2-4-7-6/h5,7H,2-4H2,1H3. The van der Waals surface area contributed by atoms with Crippen molar-refractivity contribution in [2.45, 2.75) is 29.9 Å². The molecule has 0 aromatic heterocycles. The van der Waals surface area contributed by atoms with E-state index < -0.39 is 0 Å². The summed E-state index contributed by atoms with van der Waals surface area (Å²) < 4.78 is 0. The Hall–Kier alpha value is 0.530. The predicted molar refractivity (Wildman–Crippen MR) is 44.2 cm³/mol. The molecule has 3 unspecified atom stereocenters. The molecule has 1 nitrogen and oxygen atoms in total. The van der Waals surface area contributed by atoms with E-state index in [1.165, 1.54) is 19.4 Å². The maximum absolute atomic E-state index is 5.29. The number of nitrogens with one attached hydrogen (secondary N) is 1. The topological polar surface area (TPSA) is 12.0 Å². The summed E-state index contributed by atoms with van der Waals surface area (Å²) in [6.07, 6.45) is 2.67. The van der Waals surface area contributed by atoms with E-state index in [0.717, 1.165) is 5.25 Å². The normalized spacial score (nSPS) is 56.6. The first kappa shape index (κ1) is 6.25. The van der Waals surface area contributed by atoms with Gasteiger partial charge in [0.25, 0.3) is 0 Å². The molecular weight excluding hydrogens is 150 g/mol. The second-order valence-electron chi connectivity index (χ2n) is 2.86. The van der Waals surface area contributed by atoms with Gasteiger partial charge in [0, 0.05) is 5.25 Å². The third-order valence-electron chi connectivity index (χ3n) is 2.43. The van der Waals surface area contributed by atoms with Gasteiger partial charge in [0.05, 0.1) is 4.87 Å². The van der Waals surface area contributed by atoms with Gasteiger partial charge in [-0.25, -0.2) is 0 Å². The zero-order valence-corrected chi connectivity index (χ0v) is 7.15. The summed E-state index contributed by atoms with van der Waals surface area (Å²) in [6, 6.07) is 0. The molecule has 0 aromatic rings. The molecule has 1 spiro atoms.